The van der Waals surface area contributed by atoms with E-state index in [0.29, 0.717) is 19.6 Å². The van der Waals surface area contributed by atoms with Crippen molar-refractivity contribution in [1.29, 1.82) is 0 Å². The summed E-state index contributed by atoms with van der Waals surface area (Å²) in [7, 11) is 0. The first-order chi connectivity index (χ1) is 13.5. The fraction of sp³-hybridized carbons (Fsp3) is 0.292. The van der Waals surface area contributed by atoms with Crippen LogP contribution in [-0.2, 0) is 10.2 Å². The summed E-state index contributed by atoms with van der Waals surface area (Å²) < 4.78 is 5.55. The quantitative estimate of drug-likeness (QED) is 0.795. The molecule has 0 spiro atoms. The minimum absolute atomic E-state index is 0.0926. The summed E-state index contributed by atoms with van der Waals surface area (Å²) >= 11 is 0. The molecule has 4 heteroatoms. The van der Waals surface area contributed by atoms with Crippen LogP contribution in [0.3, 0.4) is 0 Å². The molecule has 0 bridgehead atoms. The summed E-state index contributed by atoms with van der Waals surface area (Å²) in [5.74, 6) is 0.909. The Labute approximate surface area is 166 Å². The van der Waals surface area contributed by atoms with Gasteiger partial charge in [-0.2, -0.15) is 0 Å². The third kappa shape index (κ3) is 2.80. The summed E-state index contributed by atoms with van der Waals surface area (Å²) in [4.78, 5) is 14.7. The van der Waals surface area contributed by atoms with Gasteiger partial charge in [0.05, 0.1) is 0 Å². The van der Waals surface area contributed by atoms with Gasteiger partial charge >= 0.3 is 0 Å². The van der Waals surface area contributed by atoms with Gasteiger partial charge in [-0.15, -0.1) is 0 Å². The zero-order valence-electron chi connectivity index (χ0n) is 16.4. The van der Waals surface area contributed by atoms with E-state index in [-0.39, 0.29) is 11.3 Å². The van der Waals surface area contributed by atoms with E-state index in [4.69, 9.17) is 4.74 Å². The standard InChI is InChI=1S/C24H26N2O2/c1-4-17-28-19-11-9-18(10-12-19)13-15-24-23(2,3)20-7-5-6-8-21(20)26(24)16-14-22(27)25-24/h4-13,15H,1,14,16-17H2,2-3H3,(H,25,27)/b15-13+/t24-/m1/s1. The third-order valence-corrected chi connectivity index (χ3v) is 5.90. The largest absolute Gasteiger partial charge is 0.490 e. The van der Waals surface area contributed by atoms with E-state index in [0.717, 1.165) is 11.3 Å². The number of benzene rings is 2. The fourth-order valence-corrected chi connectivity index (χ4v) is 4.37. The van der Waals surface area contributed by atoms with E-state index in [2.05, 4.69) is 67.1 Å². The Morgan fingerprint density at radius 3 is 2.68 bits per heavy atom. The summed E-state index contributed by atoms with van der Waals surface area (Å²) in [5.41, 5.74) is 2.68. The number of para-hydroxylation sites is 1. The lowest BCUT2D eigenvalue weighted by molar-refractivity contribution is -0.124. The van der Waals surface area contributed by atoms with Gasteiger partial charge in [-0.1, -0.05) is 62.9 Å². The molecule has 144 valence electrons. The van der Waals surface area contributed by atoms with E-state index >= 15 is 0 Å². The second kappa shape index (κ2) is 6.86. The molecule has 2 aliphatic heterocycles. The molecule has 2 aromatic rings. The van der Waals surface area contributed by atoms with E-state index < -0.39 is 5.66 Å². The molecule has 1 amide bonds. The van der Waals surface area contributed by atoms with Gasteiger partial charge in [-0.05, 0) is 35.4 Å². The molecule has 1 saturated heterocycles. The van der Waals surface area contributed by atoms with Crippen molar-refractivity contribution >= 4 is 17.7 Å². The Hall–Kier alpha value is -3.01. The maximum Gasteiger partial charge on any atom is 0.223 e. The average Bonchev–Trinajstić information content (AvgIpc) is 2.90. The van der Waals surface area contributed by atoms with Gasteiger partial charge < -0.3 is 15.0 Å². The number of rotatable bonds is 5. The van der Waals surface area contributed by atoms with Crippen LogP contribution in [0.1, 0.15) is 31.4 Å². The summed E-state index contributed by atoms with van der Waals surface area (Å²) in [6.45, 7) is 9.28. The van der Waals surface area contributed by atoms with Crippen LogP contribution in [0.15, 0.2) is 67.3 Å². The van der Waals surface area contributed by atoms with E-state index in [1.54, 1.807) is 6.08 Å². The Bertz CT molecular complexity index is 930. The zero-order chi connectivity index (χ0) is 19.8. The molecule has 0 unspecified atom stereocenters. The number of hydrogen-bond donors (Lipinski definition) is 1. The molecular weight excluding hydrogens is 348 g/mol. The predicted molar refractivity (Wildman–Crippen MR) is 113 cm³/mol. The minimum atomic E-state index is -0.579. The molecule has 2 aromatic carbocycles. The van der Waals surface area contributed by atoms with Crippen molar-refractivity contribution in [3.8, 4) is 5.75 Å². The summed E-state index contributed by atoms with van der Waals surface area (Å²) in [6.07, 6.45) is 6.47. The van der Waals surface area contributed by atoms with Gasteiger partial charge in [-0.25, -0.2) is 0 Å². The number of carbonyl (C=O) groups excluding carboxylic acids is 1. The number of carbonyl (C=O) groups is 1. The van der Waals surface area contributed by atoms with Crippen LogP contribution in [0, 0.1) is 0 Å². The van der Waals surface area contributed by atoms with Crippen molar-refractivity contribution in [2.75, 3.05) is 18.1 Å². The Kier molecular flexibility index (Phi) is 4.50. The monoisotopic (exact) mass is 374 g/mol. The zero-order valence-corrected chi connectivity index (χ0v) is 16.4. The van der Waals surface area contributed by atoms with Crippen LogP contribution in [-0.4, -0.2) is 24.7 Å². The van der Waals surface area contributed by atoms with Gasteiger partial charge in [-0.3, -0.25) is 4.79 Å². The third-order valence-electron chi connectivity index (χ3n) is 5.90. The summed E-state index contributed by atoms with van der Waals surface area (Å²) in [6, 6.07) is 16.4. The SMILES string of the molecule is C=CCOc1ccc(/C=C/[C@@]23NC(=O)CCN2c2ccccc2C3(C)C)cc1. The highest BCUT2D eigenvalue weighted by molar-refractivity contribution is 5.84. The lowest BCUT2D eigenvalue weighted by Crippen LogP contribution is -2.68. The number of nitrogens with one attached hydrogen (secondary N) is 1. The van der Waals surface area contributed by atoms with E-state index in [1.165, 1.54) is 11.3 Å². The van der Waals surface area contributed by atoms with Gasteiger partial charge in [0.25, 0.3) is 0 Å². The second-order valence-electron chi connectivity index (χ2n) is 7.86. The summed E-state index contributed by atoms with van der Waals surface area (Å²) in [5, 5.41) is 3.30. The Morgan fingerprint density at radius 1 is 1.18 bits per heavy atom. The van der Waals surface area contributed by atoms with Crippen molar-refractivity contribution in [2.45, 2.75) is 31.3 Å². The molecular formula is C24H26N2O2. The number of anilines is 1. The van der Waals surface area contributed by atoms with Crippen LogP contribution < -0.4 is 15.0 Å². The lowest BCUT2D eigenvalue weighted by Gasteiger charge is -2.49. The molecule has 4 nitrogen and oxygen atoms in total. The second-order valence-corrected chi connectivity index (χ2v) is 7.86. The van der Waals surface area contributed by atoms with Crippen molar-refractivity contribution in [3.63, 3.8) is 0 Å². The molecule has 0 saturated carbocycles. The van der Waals surface area contributed by atoms with Gasteiger partial charge in [0.2, 0.25) is 5.91 Å². The highest BCUT2D eigenvalue weighted by atomic mass is 16.5. The molecule has 28 heavy (non-hydrogen) atoms. The van der Waals surface area contributed by atoms with Crippen molar-refractivity contribution in [2.24, 2.45) is 0 Å². The molecule has 2 aliphatic rings. The first kappa shape index (κ1) is 18.4. The predicted octanol–water partition coefficient (Wildman–Crippen LogP) is 4.28. The fourth-order valence-electron chi connectivity index (χ4n) is 4.37. The maximum absolute atomic E-state index is 12.4. The number of fused-ring (bicyclic) bond motifs is 3. The molecule has 1 fully saturated rings. The number of amides is 1. The highest BCUT2D eigenvalue weighted by Gasteiger charge is 2.57. The van der Waals surface area contributed by atoms with E-state index in [9.17, 15) is 4.79 Å². The molecule has 4 rings (SSSR count). The van der Waals surface area contributed by atoms with E-state index in [1.807, 2.05) is 24.3 Å². The smallest absolute Gasteiger partial charge is 0.223 e. The molecule has 1 N–H and O–H groups in total. The van der Waals surface area contributed by atoms with Crippen LogP contribution in [0.4, 0.5) is 5.69 Å². The van der Waals surface area contributed by atoms with Crippen LogP contribution in [0.25, 0.3) is 6.08 Å². The van der Waals surface area contributed by atoms with Crippen molar-refractivity contribution in [1.82, 2.24) is 5.32 Å². The molecule has 2 heterocycles. The highest BCUT2D eigenvalue weighted by Crippen LogP contribution is 2.52. The maximum atomic E-state index is 12.4. The molecule has 0 aliphatic carbocycles. The number of nitrogens with zero attached hydrogens (tertiary/aromatic N) is 1. The van der Waals surface area contributed by atoms with Gasteiger partial charge in [0, 0.05) is 24.1 Å². The Balaban J connectivity index is 1.70. The van der Waals surface area contributed by atoms with Crippen LogP contribution in [0.2, 0.25) is 0 Å². The van der Waals surface area contributed by atoms with Crippen molar-refractivity contribution < 1.29 is 9.53 Å². The molecule has 0 aromatic heterocycles. The first-order valence-electron chi connectivity index (χ1n) is 9.69. The van der Waals surface area contributed by atoms with Gasteiger partial charge in [0.1, 0.15) is 18.0 Å². The number of ether oxygens (including phenoxy) is 1. The Morgan fingerprint density at radius 2 is 1.93 bits per heavy atom. The minimum Gasteiger partial charge on any atom is -0.490 e. The van der Waals surface area contributed by atoms with Crippen molar-refractivity contribution in [3.05, 3.63) is 78.4 Å². The first-order valence-corrected chi connectivity index (χ1v) is 9.69. The number of hydrogen-bond acceptors (Lipinski definition) is 3. The van der Waals surface area contributed by atoms with Crippen LogP contribution >= 0.6 is 0 Å². The average molecular weight is 374 g/mol. The normalized spacial score (nSPS) is 22.5. The topological polar surface area (TPSA) is 41.6 Å². The molecule has 1 atom stereocenters. The lowest BCUT2D eigenvalue weighted by atomic mass is 9.74. The van der Waals surface area contributed by atoms with Gasteiger partial charge in [0.15, 0.2) is 0 Å². The van der Waals surface area contributed by atoms with Crippen LogP contribution in [0.5, 0.6) is 5.75 Å². The molecule has 0 radical (unpaired) electrons.